The molecule has 4 rings (SSSR count). The van der Waals surface area contributed by atoms with Gasteiger partial charge in [-0.25, -0.2) is 14.1 Å². The number of nitrogens with zero attached hydrogens (tertiary/aromatic N) is 4. The van der Waals surface area contributed by atoms with Crippen LogP contribution >= 0.6 is 0 Å². The fourth-order valence-corrected chi connectivity index (χ4v) is 3.10. The topological polar surface area (TPSA) is 100 Å². The number of rotatable bonds is 6. The number of amides is 1. The molecule has 1 N–H and O–H groups in total. The molecule has 0 unspecified atom stereocenters. The smallest absolute Gasteiger partial charge is 0.264 e. The van der Waals surface area contributed by atoms with Gasteiger partial charge in [0.25, 0.3) is 5.56 Å². The molecular formula is C21H18FN5O4. The van der Waals surface area contributed by atoms with Gasteiger partial charge < -0.3 is 14.8 Å². The number of carbonyl (C=O) groups is 1. The van der Waals surface area contributed by atoms with Crippen molar-refractivity contribution in [3.05, 3.63) is 71.2 Å². The lowest BCUT2D eigenvalue weighted by Crippen LogP contribution is -2.27. The molecule has 9 nitrogen and oxygen atoms in total. The SMILES string of the molecule is COc1ccc(NC(=O)Cn2cnc3c(cnn3-c3ccc(F)cc3)c2=O)cc1OC. The molecule has 158 valence electrons. The van der Waals surface area contributed by atoms with Gasteiger partial charge in [-0.3, -0.25) is 14.2 Å². The van der Waals surface area contributed by atoms with Crippen LogP contribution in [0.15, 0.2) is 59.8 Å². The van der Waals surface area contributed by atoms with Crippen LogP contribution in [0.25, 0.3) is 16.7 Å². The zero-order valence-electron chi connectivity index (χ0n) is 16.7. The molecule has 0 saturated carbocycles. The van der Waals surface area contributed by atoms with E-state index in [0.717, 1.165) is 0 Å². The highest BCUT2D eigenvalue weighted by Crippen LogP contribution is 2.29. The number of fused-ring (bicyclic) bond motifs is 1. The van der Waals surface area contributed by atoms with E-state index in [-0.39, 0.29) is 17.7 Å². The normalized spacial score (nSPS) is 10.8. The summed E-state index contributed by atoms with van der Waals surface area (Å²) in [7, 11) is 3.01. The van der Waals surface area contributed by atoms with Crippen molar-refractivity contribution in [1.82, 2.24) is 19.3 Å². The monoisotopic (exact) mass is 423 g/mol. The minimum atomic E-state index is -0.416. The number of benzene rings is 2. The van der Waals surface area contributed by atoms with Gasteiger partial charge >= 0.3 is 0 Å². The number of carbonyl (C=O) groups excluding carboxylic acids is 1. The van der Waals surface area contributed by atoms with Crippen molar-refractivity contribution in [2.45, 2.75) is 6.54 Å². The van der Waals surface area contributed by atoms with E-state index in [1.165, 1.54) is 60.3 Å². The van der Waals surface area contributed by atoms with Gasteiger partial charge in [0, 0.05) is 11.8 Å². The average Bonchev–Trinajstić information content (AvgIpc) is 3.21. The minimum Gasteiger partial charge on any atom is -0.493 e. The molecule has 0 aliphatic heterocycles. The molecule has 0 spiro atoms. The largest absolute Gasteiger partial charge is 0.493 e. The lowest BCUT2D eigenvalue weighted by atomic mass is 10.2. The van der Waals surface area contributed by atoms with E-state index in [4.69, 9.17) is 9.47 Å². The lowest BCUT2D eigenvalue weighted by Gasteiger charge is -2.11. The van der Waals surface area contributed by atoms with Gasteiger partial charge in [0.05, 0.1) is 26.1 Å². The molecule has 0 bridgehead atoms. The molecule has 2 heterocycles. The van der Waals surface area contributed by atoms with Gasteiger partial charge in [0.15, 0.2) is 17.1 Å². The molecule has 0 atom stereocenters. The maximum absolute atomic E-state index is 13.2. The molecule has 31 heavy (non-hydrogen) atoms. The molecule has 2 aromatic heterocycles. The molecule has 0 radical (unpaired) electrons. The van der Waals surface area contributed by atoms with Gasteiger partial charge in [-0.15, -0.1) is 0 Å². The van der Waals surface area contributed by atoms with Crippen LogP contribution in [0, 0.1) is 5.82 Å². The Kier molecular flexibility index (Phi) is 5.35. The van der Waals surface area contributed by atoms with Gasteiger partial charge in [0.1, 0.15) is 24.1 Å². The Morgan fingerprint density at radius 1 is 1.10 bits per heavy atom. The van der Waals surface area contributed by atoms with Crippen molar-refractivity contribution < 1.29 is 18.7 Å². The van der Waals surface area contributed by atoms with Crippen LogP contribution in [0.5, 0.6) is 11.5 Å². The number of anilines is 1. The van der Waals surface area contributed by atoms with Gasteiger partial charge in [-0.05, 0) is 36.4 Å². The summed E-state index contributed by atoms with van der Waals surface area (Å²) >= 11 is 0. The van der Waals surface area contributed by atoms with Crippen LogP contribution in [0.2, 0.25) is 0 Å². The quantitative estimate of drug-likeness (QED) is 0.511. The Bertz CT molecular complexity index is 1310. The summed E-state index contributed by atoms with van der Waals surface area (Å²) in [5.74, 6) is 0.204. The molecule has 0 fully saturated rings. The molecule has 0 aliphatic rings. The second-order valence-corrected chi connectivity index (χ2v) is 6.57. The predicted octanol–water partition coefficient (Wildman–Crippen LogP) is 2.38. The summed E-state index contributed by atoms with van der Waals surface area (Å²) in [6.45, 7) is -0.238. The van der Waals surface area contributed by atoms with Crippen molar-refractivity contribution in [3.63, 3.8) is 0 Å². The second-order valence-electron chi connectivity index (χ2n) is 6.57. The first-order valence-corrected chi connectivity index (χ1v) is 9.21. The first-order chi connectivity index (χ1) is 15.0. The maximum atomic E-state index is 13.2. The third-order valence-electron chi connectivity index (χ3n) is 4.61. The standard InChI is InChI=1S/C21H18FN5O4/c1-30-17-8-5-14(9-18(17)31-2)25-19(28)11-26-12-23-20-16(21(26)29)10-24-27(20)15-6-3-13(22)4-7-15/h3-10,12H,11H2,1-2H3,(H,25,28). The van der Waals surface area contributed by atoms with Crippen LogP contribution in [0.3, 0.4) is 0 Å². The minimum absolute atomic E-state index is 0.238. The summed E-state index contributed by atoms with van der Waals surface area (Å²) in [6.07, 6.45) is 2.65. The number of nitrogens with one attached hydrogen (secondary N) is 1. The number of ether oxygens (including phenoxy) is 2. The van der Waals surface area contributed by atoms with E-state index in [2.05, 4.69) is 15.4 Å². The Hall–Kier alpha value is -4.21. The summed E-state index contributed by atoms with van der Waals surface area (Å²) < 4.78 is 26.2. The molecule has 0 saturated heterocycles. The number of methoxy groups -OCH3 is 2. The van der Waals surface area contributed by atoms with E-state index in [0.29, 0.717) is 28.5 Å². The Balaban J connectivity index is 1.56. The fraction of sp³-hybridized carbons (Fsp3) is 0.143. The first kappa shape index (κ1) is 20.1. The lowest BCUT2D eigenvalue weighted by molar-refractivity contribution is -0.116. The molecular weight excluding hydrogens is 405 g/mol. The van der Waals surface area contributed by atoms with Crippen LogP contribution in [0.4, 0.5) is 10.1 Å². The van der Waals surface area contributed by atoms with E-state index in [1.54, 1.807) is 18.2 Å². The van der Waals surface area contributed by atoms with E-state index >= 15 is 0 Å². The number of aromatic nitrogens is 4. The van der Waals surface area contributed by atoms with Crippen LogP contribution < -0.4 is 20.3 Å². The van der Waals surface area contributed by atoms with Crippen molar-refractivity contribution in [1.29, 1.82) is 0 Å². The summed E-state index contributed by atoms with van der Waals surface area (Å²) in [5, 5.41) is 7.12. The summed E-state index contributed by atoms with van der Waals surface area (Å²) in [6, 6.07) is 10.6. The summed E-state index contributed by atoms with van der Waals surface area (Å²) in [4.78, 5) is 29.5. The highest BCUT2D eigenvalue weighted by atomic mass is 19.1. The third-order valence-corrected chi connectivity index (χ3v) is 4.61. The third kappa shape index (κ3) is 3.95. The number of hydrogen-bond acceptors (Lipinski definition) is 6. The molecule has 1 amide bonds. The second kappa shape index (κ2) is 8.27. The number of hydrogen-bond donors (Lipinski definition) is 1. The number of halogens is 1. The highest BCUT2D eigenvalue weighted by molar-refractivity contribution is 5.91. The highest BCUT2D eigenvalue weighted by Gasteiger charge is 2.14. The summed E-state index contributed by atoms with van der Waals surface area (Å²) in [5.41, 5.74) is 0.954. The van der Waals surface area contributed by atoms with Gasteiger partial charge in [0.2, 0.25) is 5.91 Å². The van der Waals surface area contributed by atoms with E-state index in [9.17, 15) is 14.0 Å². The Labute approximate surface area is 175 Å². The van der Waals surface area contributed by atoms with Crippen molar-refractivity contribution in [2.24, 2.45) is 0 Å². The zero-order chi connectivity index (χ0) is 22.0. The van der Waals surface area contributed by atoms with Crippen LogP contribution in [-0.4, -0.2) is 39.5 Å². The van der Waals surface area contributed by atoms with Gasteiger partial charge in [-0.1, -0.05) is 0 Å². The fourth-order valence-electron chi connectivity index (χ4n) is 3.10. The van der Waals surface area contributed by atoms with Gasteiger partial charge in [-0.2, -0.15) is 5.10 Å². The van der Waals surface area contributed by atoms with E-state index in [1.807, 2.05) is 0 Å². The maximum Gasteiger partial charge on any atom is 0.264 e. The van der Waals surface area contributed by atoms with Crippen LogP contribution in [-0.2, 0) is 11.3 Å². The predicted molar refractivity (Wildman–Crippen MR) is 111 cm³/mol. The van der Waals surface area contributed by atoms with Crippen molar-refractivity contribution >= 4 is 22.6 Å². The molecule has 4 aromatic rings. The zero-order valence-corrected chi connectivity index (χ0v) is 16.7. The molecule has 10 heteroatoms. The Morgan fingerprint density at radius 3 is 2.55 bits per heavy atom. The molecule has 0 aliphatic carbocycles. The van der Waals surface area contributed by atoms with Crippen molar-refractivity contribution in [3.8, 4) is 17.2 Å². The molecule has 2 aromatic carbocycles. The van der Waals surface area contributed by atoms with Crippen LogP contribution in [0.1, 0.15) is 0 Å². The average molecular weight is 423 g/mol. The first-order valence-electron chi connectivity index (χ1n) is 9.21. The van der Waals surface area contributed by atoms with E-state index < -0.39 is 11.5 Å². The van der Waals surface area contributed by atoms with Crippen molar-refractivity contribution in [2.75, 3.05) is 19.5 Å². The Morgan fingerprint density at radius 2 is 1.84 bits per heavy atom.